The van der Waals surface area contributed by atoms with Gasteiger partial charge in [0.1, 0.15) is 6.33 Å². The number of alkyl halides is 3. The van der Waals surface area contributed by atoms with Crippen molar-refractivity contribution in [3.8, 4) is 0 Å². The molecular formula is C9H10F3N5O2S. The van der Waals surface area contributed by atoms with E-state index >= 15 is 0 Å². The molecule has 2 heterocycles. The van der Waals surface area contributed by atoms with Gasteiger partial charge in [0.05, 0.1) is 11.4 Å². The summed E-state index contributed by atoms with van der Waals surface area (Å²) in [5.41, 5.74) is -1.22. The van der Waals surface area contributed by atoms with Crippen LogP contribution in [0.1, 0.15) is 11.4 Å². The molecule has 0 aliphatic rings. The normalized spacial score (nSPS) is 12.8. The van der Waals surface area contributed by atoms with Gasteiger partial charge in [-0.05, 0) is 6.07 Å². The minimum absolute atomic E-state index is 0.0830. The Balaban J connectivity index is 2.36. The Labute approximate surface area is 112 Å². The highest BCUT2D eigenvalue weighted by atomic mass is 32.2. The number of aryl methyl sites for hydroxylation is 2. The average molecular weight is 309 g/mol. The third-order valence-corrected chi connectivity index (χ3v) is 4.15. The lowest BCUT2D eigenvalue weighted by Gasteiger charge is -2.03. The SMILES string of the molecule is Cn1nc(C(F)(F)F)cc1CS(=O)(=O)c1ncnn1C. The maximum atomic E-state index is 12.5. The molecule has 0 spiro atoms. The summed E-state index contributed by atoms with van der Waals surface area (Å²) in [6.07, 6.45) is -3.57. The second-order valence-corrected chi connectivity index (χ2v) is 5.95. The summed E-state index contributed by atoms with van der Waals surface area (Å²) in [6.45, 7) is 0. The summed E-state index contributed by atoms with van der Waals surface area (Å²) in [4.78, 5) is 3.58. The van der Waals surface area contributed by atoms with Crippen molar-refractivity contribution < 1.29 is 21.6 Å². The van der Waals surface area contributed by atoms with Gasteiger partial charge in [0.2, 0.25) is 15.0 Å². The molecule has 20 heavy (non-hydrogen) atoms. The van der Waals surface area contributed by atoms with Crippen molar-refractivity contribution in [3.05, 3.63) is 23.8 Å². The lowest BCUT2D eigenvalue weighted by molar-refractivity contribution is -0.141. The zero-order valence-electron chi connectivity index (χ0n) is 10.5. The highest BCUT2D eigenvalue weighted by Gasteiger charge is 2.35. The van der Waals surface area contributed by atoms with Gasteiger partial charge < -0.3 is 0 Å². The van der Waals surface area contributed by atoms with Gasteiger partial charge in [0.15, 0.2) is 5.69 Å². The molecule has 110 valence electrons. The Kier molecular flexibility index (Phi) is 3.32. The van der Waals surface area contributed by atoms with Crippen molar-refractivity contribution in [3.63, 3.8) is 0 Å². The van der Waals surface area contributed by atoms with Crippen LogP contribution in [0.5, 0.6) is 0 Å². The van der Waals surface area contributed by atoms with E-state index in [9.17, 15) is 21.6 Å². The summed E-state index contributed by atoms with van der Waals surface area (Å²) < 4.78 is 63.5. The van der Waals surface area contributed by atoms with Crippen molar-refractivity contribution in [1.29, 1.82) is 0 Å². The molecule has 0 saturated carbocycles. The maximum Gasteiger partial charge on any atom is 0.435 e. The topological polar surface area (TPSA) is 82.7 Å². The van der Waals surface area contributed by atoms with Gasteiger partial charge in [-0.1, -0.05) is 0 Å². The average Bonchev–Trinajstić information content (AvgIpc) is 2.85. The van der Waals surface area contributed by atoms with E-state index in [0.29, 0.717) is 6.07 Å². The first kappa shape index (κ1) is 14.5. The van der Waals surface area contributed by atoms with Crippen LogP contribution in [-0.4, -0.2) is 33.0 Å². The van der Waals surface area contributed by atoms with E-state index in [0.717, 1.165) is 15.7 Å². The number of sulfone groups is 1. The van der Waals surface area contributed by atoms with Gasteiger partial charge in [-0.15, -0.1) is 0 Å². The van der Waals surface area contributed by atoms with Gasteiger partial charge in [-0.3, -0.25) is 4.68 Å². The van der Waals surface area contributed by atoms with Crippen LogP contribution in [0.15, 0.2) is 17.6 Å². The molecule has 0 aliphatic carbocycles. The van der Waals surface area contributed by atoms with Crippen LogP contribution >= 0.6 is 0 Å². The first-order chi connectivity index (χ1) is 9.11. The van der Waals surface area contributed by atoms with Gasteiger partial charge >= 0.3 is 6.18 Å². The molecule has 0 N–H and O–H groups in total. The Morgan fingerprint density at radius 2 is 1.90 bits per heavy atom. The molecule has 0 unspecified atom stereocenters. The van der Waals surface area contributed by atoms with Crippen molar-refractivity contribution in [2.45, 2.75) is 17.1 Å². The highest BCUT2D eigenvalue weighted by molar-refractivity contribution is 7.90. The molecular weight excluding hydrogens is 299 g/mol. The minimum Gasteiger partial charge on any atom is -0.271 e. The summed E-state index contributed by atoms with van der Waals surface area (Å²) >= 11 is 0. The Hall–Kier alpha value is -1.91. The van der Waals surface area contributed by atoms with Crippen molar-refractivity contribution >= 4 is 9.84 Å². The van der Waals surface area contributed by atoms with E-state index in [-0.39, 0.29) is 10.9 Å². The number of hydrogen-bond donors (Lipinski definition) is 0. The van der Waals surface area contributed by atoms with E-state index < -0.39 is 27.5 Å². The van der Waals surface area contributed by atoms with Gasteiger partial charge in [0, 0.05) is 14.1 Å². The molecule has 0 saturated heterocycles. The van der Waals surface area contributed by atoms with Crippen LogP contribution in [0.3, 0.4) is 0 Å². The lowest BCUT2D eigenvalue weighted by Crippen LogP contribution is -2.13. The maximum absolute atomic E-state index is 12.5. The van der Waals surface area contributed by atoms with E-state index in [1.807, 2.05) is 0 Å². The van der Waals surface area contributed by atoms with Crippen molar-refractivity contribution in [2.24, 2.45) is 14.1 Å². The number of halogens is 3. The van der Waals surface area contributed by atoms with Gasteiger partial charge in [0.25, 0.3) is 0 Å². The number of nitrogens with zero attached hydrogens (tertiary/aromatic N) is 5. The minimum atomic E-state index is -4.62. The molecule has 0 radical (unpaired) electrons. The number of hydrogen-bond acceptors (Lipinski definition) is 5. The Morgan fingerprint density at radius 1 is 1.25 bits per heavy atom. The fraction of sp³-hybridized carbons (Fsp3) is 0.444. The molecule has 0 aliphatic heterocycles. The molecule has 11 heteroatoms. The molecule has 0 amide bonds. The third kappa shape index (κ3) is 2.66. The third-order valence-electron chi connectivity index (χ3n) is 2.55. The summed E-state index contributed by atoms with van der Waals surface area (Å²) in [5, 5.41) is 6.56. The van der Waals surface area contributed by atoms with Gasteiger partial charge in [-0.2, -0.15) is 23.4 Å². The van der Waals surface area contributed by atoms with Crippen LogP contribution in [0.25, 0.3) is 0 Å². The zero-order chi connectivity index (χ0) is 15.1. The first-order valence-corrected chi connectivity index (χ1v) is 6.93. The fourth-order valence-electron chi connectivity index (χ4n) is 1.61. The van der Waals surface area contributed by atoms with Crippen LogP contribution in [-0.2, 0) is 35.9 Å². The first-order valence-electron chi connectivity index (χ1n) is 5.28. The predicted octanol–water partition coefficient (Wildman–Crippen LogP) is 0.541. The Morgan fingerprint density at radius 3 is 2.35 bits per heavy atom. The van der Waals surface area contributed by atoms with Gasteiger partial charge in [-0.25, -0.2) is 18.1 Å². The molecule has 2 aromatic heterocycles. The predicted molar refractivity (Wildman–Crippen MR) is 60.1 cm³/mol. The van der Waals surface area contributed by atoms with E-state index in [4.69, 9.17) is 0 Å². The summed E-state index contributed by atoms with van der Waals surface area (Å²) in [6, 6.07) is 0.702. The molecule has 0 bridgehead atoms. The second kappa shape index (κ2) is 4.58. The van der Waals surface area contributed by atoms with E-state index in [1.54, 1.807) is 0 Å². The fourth-order valence-corrected chi connectivity index (χ4v) is 3.05. The van der Waals surface area contributed by atoms with Crippen molar-refractivity contribution in [2.75, 3.05) is 0 Å². The number of rotatable bonds is 3. The zero-order valence-corrected chi connectivity index (χ0v) is 11.3. The van der Waals surface area contributed by atoms with Crippen LogP contribution in [0.2, 0.25) is 0 Å². The molecule has 0 fully saturated rings. The lowest BCUT2D eigenvalue weighted by atomic mass is 10.4. The van der Waals surface area contributed by atoms with Crippen LogP contribution in [0.4, 0.5) is 13.2 Å². The van der Waals surface area contributed by atoms with Crippen LogP contribution in [0, 0.1) is 0 Å². The smallest absolute Gasteiger partial charge is 0.271 e. The van der Waals surface area contributed by atoms with Crippen molar-refractivity contribution in [1.82, 2.24) is 24.5 Å². The molecule has 7 nitrogen and oxygen atoms in total. The standard InChI is InChI=1S/C9H10F3N5O2S/c1-16-6(3-7(15-16)9(10,11)12)4-20(18,19)8-13-5-14-17(8)2/h3,5H,4H2,1-2H3. The van der Waals surface area contributed by atoms with E-state index in [2.05, 4.69) is 15.2 Å². The molecule has 2 aromatic rings. The number of aromatic nitrogens is 5. The molecule has 0 aromatic carbocycles. The van der Waals surface area contributed by atoms with Crippen LogP contribution < -0.4 is 0 Å². The summed E-state index contributed by atoms with van der Waals surface area (Å²) in [5.74, 6) is -0.640. The monoisotopic (exact) mass is 309 g/mol. The largest absolute Gasteiger partial charge is 0.435 e. The Bertz CT molecular complexity index is 731. The van der Waals surface area contributed by atoms with E-state index in [1.165, 1.54) is 14.1 Å². The molecule has 0 atom stereocenters. The quantitative estimate of drug-likeness (QED) is 0.826. The second-order valence-electron chi connectivity index (χ2n) is 4.07. The highest BCUT2D eigenvalue weighted by Crippen LogP contribution is 2.29. The molecule has 2 rings (SSSR count). The summed E-state index contributed by atoms with van der Waals surface area (Å²) in [7, 11) is -1.27.